The van der Waals surface area contributed by atoms with Crippen LogP contribution in [0.2, 0.25) is 0 Å². The molecule has 170 valence electrons. The summed E-state index contributed by atoms with van der Waals surface area (Å²) in [6, 6.07) is 13.6. The maximum Gasteiger partial charge on any atom is 0.155 e. The fourth-order valence-corrected chi connectivity index (χ4v) is 5.21. The van der Waals surface area contributed by atoms with Crippen LogP contribution < -0.4 is 0 Å². The Morgan fingerprint density at radius 1 is 0.697 bits per heavy atom. The van der Waals surface area contributed by atoms with Gasteiger partial charge in [0.2, 0.25) is 0 Å². The van der Waals surface area contributed by atoms with Crippen molar-refractivity contribution >= 4 is 0 Å². The molecule has 0 fully saturated rings. The minimum atomic E-state index is -0.0364. The van der Waals surface area contributed by atoms with Gasteiger partial charge in [-0.25, -0.2) is 9.97 Å². The highest BCUT2D eigenvalue weighted by molar-refractivity contribution is 5.85. The molecule has 5 rings (SSSR count). The highest BCUT2D eigenvalue weighted by Crippen LogP contribution is 2.55. The second kappa shape index (κ2) is 8.58. The molecule has 0 saturated heterocycles. The Bertz CT molecular complexity index is 1120. The average molecular weight is 441 g/mol. The molecule has 4 aromatic rings. The Hall–Kier alpha value is -3.28. The van der Waals surface area contributed by atoms with Crippen molar-refractivity contribution in [2.45, 2.75) is 58.8 Å². The first-order valence-corrected chi connectivity index (χ1v) is 12.0. The normalized spacial score (nSPS) is 14.1. The summed E-state index contributed by atoms with van der Waals surface area (Å²) in [6.45, 7) is 9.29. The van der Waals surface area contributed by atoms with Crippen LogP contribution in [0.5, 0.6) is 0 Å². The number of aromatic nitrogens is 6. The van der Waals surface area contributed by atoms with Crippen molar-refractivity contribution in [3.63, 3.8) is 0 Å². The van der Waals surface area contributed by atoms with Gasteiger partial charge in [0.05, 0.1) is 0 Å². The summed E-state index contributed by atoms with van der Waals surface area (Å²) >= 11 is 0. The van der Waals surface area contributed by atoms with Crippen LogP contribution in [0.25, 0.3) is 33.9 Å². The molecule has 33 heavy (non-hydrogen) atoms. The van der Waals surface area contributed by atoms with Gasteiger partial charge in [-0.1, -0.05) is 52.0 Å². The quantitative estimate of drug-likeness (QED) is 0.332. The number of hydrogen-bond donors (Lipinski definition) is 2. The molecule has 1 aliphatic rings. The van der Waals surface area contributed by atoms with Crippen LogP contribution in [0.4, 0.5) is 0 Å². The number of rotatable bonds is 8. The van der Waals surface area contributed by atoms with Gasteiger partial charge < -0.3 is 0 Å². The number of H-pyrrole nitrogens is 2. The van der Waals surface area contributed by atoms with Crippen molar-refractivity contribution in [1.29, 1.82) is 0 Å². The molecule has 0 atom stereocenters. The Morgan fingerprint density at radius 2 is 1.15 bits per heavy atom. The smallest absolute Gasteiger partial charge is 0.155 e. The molecule has 0 unspecified atom stereocenters. The van der Waals surface area contributed by atoms with Gasteiger partial charge in [0, 0.05) is 16.5 Å². The monoisotopic (exact) mass is 440 g/mol. The Balaban J connectivity index is 1.71. The number of fused-ring (bicyclic) bond motifs is 3. The van der Waals surface area contributed by atoms with Gasteiger partial charge in [-0.3, -0.25) is 10.2 Å². The number of nitrogens with one attached hydrogen (secondary N) is 2. The van der Waals surface area contributed by atoms with Gasteiger partial charge in [-0.15, -0.1) is 0 Å². The third kappa shape index (κ3) is 3.88. The lowest BCUT2D eigenvalue weighted by Gasteiger charge is -2.34. The van der Waals surface area contributed by atoms with E-state index in [0.29, 0.717) is 11.8 Å². The fraction of sp³-hybridized carbons (Fsp3) is 0.407. The van der Waals surface area contributed by atoms with Crippen molar-refractivity contribution in [2.24, 2.45) is 11.8 Å². The zero-order chi connectivity index (χ0) is 23.0. The molecule has 0 amide bonds. The molecule has 2 aromatic heterocycles. The molecule has 0 radical (unpaired) electrons. The van der Waals surface area contributed by atoms with E-state index in [1.165, 1.54) is 35.1 Å². The van der Waals surface area contributed by atoms with Gasteiger partial charge >= 0.3 is 0 Å². The van der Waals surface area contributed by atoms with Crippen molar-refractivity contribution in [1.82, 2.24) is 30.4 Å². The average Bonchev–Trinajstić information content (AvgIpc) is 3.57. The molecule has 0 saturated carbocycles. The summed E-state index contributed by atoms with van der Waals surface area (Å²) in [5, 5.41) is 14.2. The molecule has 2 aromatic carbocycles. The Morgan fingerprint density at radius 3 is 1.52 bits per heavy atom. The number of nitrogens with zero attached hydrogens (tertiary/aromatic N) is 4. The zero-order valence-electron chi connectivity index (χ0n) is 19.9. The predicted molar refractivity (Wildman–Crippen MR) is 132 cm³/mol. The summed E-state index contributed by atoms with van der Waals surface area (Å²) in [4.78, 5) is 8.84. The van der Waals surface area contributed by atoms with Crippen molar-refractivity contribution in [3.8, 4) is 33.9 Å². The first-order chi connectivity index (χ1) is 16.0. The lowest BCUT2D eigenvalue weighted by molar-refractivity contribution is 0.364. The largest absolute Gasteiger partial charge is 0.259 e. The molecule has 1 aliphatic carbocycles. The van der Waals surface area contributed by atoms with E-state index < -0.39 is 0 Å². The molecule has 2 N–H and O–H groups in total. The van der Waals surface area contributed by atoms with Crippen LogP contribution >= 0.6 is 0 Å². The Kier molecular flexibility index (Phi) is 5.60. The molecule has 6 nitrogen and oxygen atoms in total. The van der Waals surface area contributed by atoms with Crippen LogP contribution in [0.3, 0.4) is 0 Å². The van der Waals surface area contributed by atoms with Gasteiger partial charge in [-0.05, 0) is 71.9 Å². The third-order valence-electron chi connectivity index (χ3n) is 7.03. The lowest BCUT2D eigenvalue weighted by Crippen LogP contribution is -2.27. The zero-order valence-corrected chi connectivity index (χ0v) is 19.9. The molecule has 0 bridgehead atoms. The van der Waals surface area contributed by atoms with E-state index >= 15 is 0 Å². The fourth-order valence-electron chi connectivity index (χ4n) is 5.21. The van der Waals surface area contributed by atoms with Crippen LogP contribution in [0.15, 0.2) is 49.1 Å². The highest BCUT2D eigenvalue weighted by Gasteiger charge is 2.43. The minimum absolute atomic E-state index is 0.0364. The first-order valence-electron chi connectivity index (χ1n) is 12.0. The van der Waals surface area contributed by atoms with E-state index in [1.807, 2.05) is 0 Å². The van der Waals surface area contributed by atoms with Crippen molar-refractivity contribution < 1.29 is 0 Å². The topological polar surface area (TPSA) is 83.1 Å². The molecule has 0 spiro atoms. The van der Waals surface area contributed by atoms with Crippen LogP contribution in [0, 0.1) is 11.8 Å². The summed E-state index contributed by atoms with van der Waals surface area (Å²) < 4.78 is 0. The van der Waals surface area contributed by atoms with Gasteiger partial charge in [0.15, 0.2) is 11.6 Å². The molecule has 6 heteroatoms. The van der Waals surface area contributed by atoms with Crippen LogP contribution in [0.1, 0.15) is 64.5 Å². The van der Waals surface area contributed by atoms with E-state index in [9.17, 15) is 0 Å². The summed E-state index contributed by atoms with van der Waals surface area (Å²) in [5.41, 5.74) is 7.66. The number of aromatic amines is 2. The second-order valence-electron chi connectivity index (χ2n) is 10.1. The SMILES string of the molecule is CC(C)CCC1(CCC(C)C)c2cc(-c3ncn[nH]3)ccc2-c2ccc(-c3ncn[nH]3)cc21. The van der Waals surface area contributed by atoms with E-state index in [2.05, 4.69) is 94.5 Å². The molecular formula is C27H32N6. The molecular weight excluding hydrogens is 408 g/mol. The van der Waals surface area contributed by atoms with Crippen molar-refractivity contribution in [2.75, 3.05) is 0 Å². The standard InChI is InChI=1S/C27H32N6/c1-17(2)9-11-27(12-10-18(3)4)23-13-19(25-28-15-30-32-25)5-7-21(23)22-8-6-20(14-24(22)27)26-29-16-31-33-26/h5-8,13-18H,9-12H2,1-4H3,(H,28,30,32)(H,29,31,33). The van der Waals surface area contributed by atoms with Gasteiger partial charge in [-0.2, -0.15) is 10.2 Å². The predicted octanol–water partition coefficient (Wildman–Crippen LogP) is 6.40. The summed E-state index contributed by atoms with van der Waals surface area (Å²) in [5.74, 6) is 2.92. The summed E-state index contributed by atoms with van der Waals surface area (Å²) in [6.07, 6.45) is 7.75. The first kappa shape index (κ1) is 21.6. The minimum Gasteiger partial charge on any atom is -0.259 e. The maximum absolute atomic E-state index is 4.42. The van der Waals surface area contributed by atoms with Crippen LogP contribution in [-0.2, 0) is 5.41 Å². The number of benzene rings is 2. The molecule has 2 heterocycles. The van der Waals surface area contributed by atoms with E-state index in [0.717, 1.165) is 35.6 Å². The third-order valence-corrected chi connectivity index (χ3v) is 7.03. The number of hydrogen-bond acceptors (Lipinski definition) is 4. The maximum atomic E-state index is 4.42. The van der Waals surface area contributed by atoms with Gasteiger partial charge in [0.25, 0.3) is 0 Å². The van der Waals surface area contributed by atoms with E-state index in [1.54, 1.807) is 12.7 Å². The highest BCUT2D eigenvalue weighted by atomic mass is 15.2. The second-order valence-corrected chi connectivity index (χ2v) is 10.1. The van der Waals surface area contributed by atoms with Gasteiger partial charge in [0.1, 0.15) is 12.7 Å². The van der Waals surface area contributed by atoms with Crippen LogP contribution in [-0.4, -0.2) is 30.4 Å². The Labute approximate surface area is 195 Å². The lowest BCUT2D eigenvalue weighted by atomic mass is 9.69. The summed E-state index contributed by atoms with van der Waals surface area (Å²) in [7, 11) is 0. The molecule has 0 aliphatic heterocycles. The van der Waals surface area contributed by atoms with Crippen molar-refractivity contribution in [3.05, 3.63) is 60.2 Å². The van der Waals surface area contributed by atoms with E-state index in [-0.39, 0.29) is 5.41 Å². The van der Waals surface area contributed by atoms with E-state index in [4.69, 9.17) is 0 Å².